The fourth-order valence-electron chi connectivity index (χ4n) is 0.931. The number of nitrogens with one attached hydrogen (secondary N) is 1. The second-order valence-electron chi connectivity index (χ2n) is 2.57. The van der Waals surface area contributed by atoms with Crippen LogP contribution in [0.2, 0.25) is 0 Å². The molecule has 1 rings (SSSR count). The minimum atomic E-state index is -0.396. The van der Waals surface area contributed by atoms with E-state index < -0.39 is 5.82 Å². The molecule has 0 aromatic heterocycles. The second kappa shape index (κ2) is 3.36. The van der Waals surface area contributed by atoms with E-state index in [1.807, 2.05) is 12.4 Å². The molecule has 3 heteroatoms. The zero-order chi connectivity index (χ0) is 9.14. The minimum Gasteiger partial charge on any atom is -0.291 e. The van der Waals surface area contributed by atoms with Crippen LogP contribution in [0, 0.1) is 12.7 Å². The molecule has 0 fully saturated rings. The van der Waals surface area contributed by atoms with Gasteiger partial charge in [-0.1, -0.05) is 18.2 Å². The molecule has 0 atom stereocenters. The molecule has 1 aromatic carbocycles. The molecule has 0 heterocycles. The predicted molar refractivity (Wildman–Crippen MR) is 45.1 cm³/mol. The van der Waals surface area contributed by atoms with Crippen LogP contribution >= 0.6 is 0 Å². The Balaban J connectivity index is 3.13. The number of hydroxylamine groups is 1. The van der Waals surface area contributed by atoms with Crippen molar-refractivity contribution in [3.63, 3.8) is 0 Å². The molecule has 0 radical (unpaired) electrons. The Bertz CT molecular complexity index is 309. The van der Waals surface area contributed by atoms with Crippen molar-refractivity contribution in [1.29, 1.82) is 0 Å². The van der Waals surface area contributed by atoms with Crippen molar-refractivity contribution in [3.8, 4) is 0 Å². The summed E-state index contributed by atoms with van der Waals surface area (Å²) in [5, 5.41) is 8.49. The topological polar surface area (TPSA) is 32.3 Å². The Morgan fingerprint density at radius 2 is 2.25 bits per heavy atom. The van der Waals surface area contributed by atoms with Crippen molar-refractivity contribution in [1.82, 2.24) is 5.48 Å². The summed E-state index contributed by atoms with van der Waals surface area (Å²) >= 11 is 0. The third-order valence-electron chi connectivity index (χ3n) is 1.58. The molecule has 0 saturated carbocycles. The number of aryl methyl sites for hydroxylation is 1. The molecule has 0 spiro atoms. The second-order valence-corrected chi connectivity index (χ2v) is 2.57. The third kappa shape index (κ3) is 1.62. The van der Waals surface area contributed by atoms with E-state index in [9.17, 15) is 4.39 Å². The third-order valence-corrected chi connectivity index (χ3v) is 1.58. The maximum atomic E-state index is 13.0. The summed E-state index contributed by atoms with van der Waals surface area (Å²) in [6.45, 7) is 5.29. The molecule has 0 aliphatic heterocycles. The van der Waals surface area contributed by atoms with Gasteiger partial charge in [-0.3, -0.25) is 10.7 Å². The van der Waals surface area contributed by atoms with Crippen molar-refractivity contribution in [3.05, 3.63) is 41.7 Å². The van der Waals surface area contributed by atoms with Crippen LogP contribution in [0.15, 0.2) is 24.8 Å². The van der Waals surface area contributed by atoms with Gasteiger partial charge in [0.25, 0.3) is 0 Å². The molecule has 12 heavy (non-hydrogen) atoms. The first-order valence-corrected chi connectivity index (χ1v) is 3.50. The summed E-state index contributed by atoms with van der Waals surface area (Å²) in [5.74, 6) is -0.396. The summed E-state index contributed by atoms with van der Waals surface area (Å²) in [5.41, 5.74) is 3.19. The van der Waals surface area contributed by atoms with Gasteiger partial charge in [-0.15, -0.1) is 0 Å². The fourth-order valence-corrected chi connectivity index (χ4v) is 0.931. The van der Waals surface area contributed by atoms with Crippen molar-refractivity contribution in [2.75, 3.05) is 0 Å². The minimum absolute atomic E-state index is 0.163. The van der Waals surface area contributed by atoms with E-state index in [1.54, 1.807) is 12.1 Å². The van der Waals surface area contributed by atoms with Crippen molar-refractivity contribution in [2.24, 2.45) is 0 Å². The van der Waals surface area contributed by atoms with Crippen LogP contribution < -0.4 is 5.48 Å². The summed E-state index contributed by atoms with van der Waals surface area (Å²) in [4.78, 5) is 0. The summed E-state index contributed by atoms with van der Waals surface area (Å²) in [7, 11) is 0. The predicted octanol–water partition coefficient (Wildman–Crippen LogP) is 2.08. The van der Waals surface area contributed by atoms with Crippen LogP contribution in [0.25, 0.3) is 5.70 Å². The van der Waals surface area contributed by atoms with Crippen LogP contribution in [-0.2, 0) is 0 Å². The Labute approximate surface area is 70.3 Å². The van der Waals surface area contributed by atoms with E-state index >= 15 is 0 Å². The Morgan fingerprint density at radius 3 is 2.83 bits per heavy atom. The van der Waals surface area contributed by atoms with Gasteiger partial charge in [-0.25, -0.2) is 4.39 Å². The lowest BCUT2D eigenvalue weighted by molar-refractivity contribution is 0.224. The van der Waals surface area contributed by atoms with E-state index in [0.29, 0.717) is 0 Å². The van der Waals surface area contributed by atoms with E-state index in [2.05, 4.69) is 6.58 Å². The molecule has 2 N–H and O–H groups in total. The van der Waals surface area contributed by atoms with Gasteiger partial charge < -0.3 is 0 Å². The van der Waals surface area contributed by atoms with Gasteiger partial charge in [0.1, 0.15) is 5.82 Å². The molecule has 2 nitrogen and oxygen atoms in total. The lowest BCUT2D eigenvalue weighted by Gasteiger charge is -2.05. The molecule has 0 aliphatic carbocycles. The number of hydrogen-bond acceptors (Lipinski definition) is 2. The van der Waals surface area contributed by atoms with Crippen LogP contribution in [0.3, 0.4) is 0 Å². The summed E-state index contributed by atoms with van der Waals surface area (Å²) < 4.78 is 13.0. The van der Waals surface area contributed by atoms with E-state index in [4.69, 9.17) is 5.21 Å². The monoisotopic (exact) mass is 167 g/mol. The quantitative estimate of drug-likeness (QED) is 0.661. The molecular formula is C9H10FNO. The van der Waals surface area contributed by atoms with Crippen molar-refractivity contribution in [2.45, 2.75) is 6.92 Å². The molecule has 0 unspecified atom stereocenters. The zero-order valence-corrected chi connectivity index (χ0v) is 6.76. The maximum absolute atomic E-state index is 13.0. The van der Waals surface area contributed by atoms with Gasteiger partial charge in [0.05, 0.1) is 5.70 Å². The average molecular weight is 167 g/mol. The molecule has 0 amide bonds. The molecule has 1 aromatic rings. The number of halogens is 1. The SMILES string of the molecule is C=C(NO)c1cc(C)ccc1F. The lowest BCUT2D eigenvalue weighted by Crippen LogP contribution is -2.05. The highest BCUT2D eigenvalue weighted by atomic mass is 19.1. The summed E-state index contributed by atoms with van der Waals surface area (Å²) in [6.07, 6.45) is 0. The Hall–Kier alpha value is -1.35. The number of hydrogen-bond donors (Lipinski definition) is 2. The molecule has 64 valence electrons. The number of rotatable bonds is 2. The normalized spacial score (nSPS) is 9.58. The highest BCUT2D eigenvalue weighted by Crippen LogP contribution is 2.15. The Kier molecular flexibility index (Phi) is 2.45. The summed E-state index contributed by atoms with van der Waals surface area (Å²) in [6, 6.07) is 4.61. The van der Waals surface area contributed by atoms with Gasteiger partial charge in [-0.05, 0) is 19.1 Å². The van der Waals surface area contributed by atoms with E-state index in [-0.39, 0.29) is 11.3 Å². The maximum Gasteiger partial charge on any atom is 0.132 e. The average Bonchev–Trinajstić information content (AvgIpc) is 2.08. The smallest absolute Gasteiger partial charge is 0.132 e. The Morgan fingerprint density at radius 1 is 1.58 bits per heavy atom. The number of benzene rings is 1. The first kappa shape index (κ1) is 8.74. The first-order chi connectivity index (χ1) is 5.65. The molecular weight excluding hydrogens is 157 g/mol. The standard InChI is InChI=1S/C9H10FNO/c1-6-3-4-9(10)8(5-6)7(2)11-12/h3-5,11-12H,2H2,1H3. The van der Waals surface area contributed by atoms with Crippen molar-refractivity contribution >= 4 is 5.70 Å². The largest absolute Gasteiger partial charge is 0.291 e. The van der Waals surface area contributed by atoms with Crippen LogP contribution in [0.1, 0.15) is 11.1 Å². The first-order valence-electron chi connectivity index (χ1n) is 3.50. The van der Waals surface area contributed by atoms with Gasteiger partial charge >= 0.3 is 0 Å². The van der Waals surface area contributed by atoms with Crippen molar-refractivity contribution < 1.29 is 9.60 Å². The zero-order valence-electron chi connectivity index (χ0n) is 6.76. The lowest BCUT2D eigenvalue weighted by atomic mass is 10.1. The van der Waals surface area contributed by atoms with Crippen LogP contribution in [0.4, 0.5) is 4.39 Å². The highest BCUT2D eigenvalue weighted by molar-refractivity contribution is 5.61. The highest BCUT2D eigenvalue weighted by Gasteiger charge is 2.04. The molecule has 0 saturated heterocycles. The fraction of sp³-hybridized carbons (Fsp3) is 0.111. The van der Waals surface area contributed by atoms with Crippen LogP contribution in [-0.4, -0.2) is 5.21 Å². The van der Waals surface area contributed by atoms with Gasteiger partial charge in [-0.2, -0.15) is 0 Å². The molecule has 0 bridgehead atoms. The van der Waals surface area contributed by atoms with Gasteiger partial charge in [0, 0.05) is 5.56 Å². The van der Waals surface area contributed by atoms with E-state index in [0.717, 1.165) is 5.56 Å². The molecule has 0 aliphatic rings. The van der Waals surface area contributed by atoms with Gasteiger partial charge in [0.2, 0.25) is 0 Å². The van der Waals surface area contributed by atoms with E-state index in [1.165, 1.54) is 6.07 Å². The van der Waals surface area contributed by atoms with Crippen LogP contribution in [0.5, 0.6) is 0 Å². The van der Waals surface area contributed by atoms with Gasteiger partial charge in [0.15, 0.2) is 0 Å².